The summed E-state index contributed by atoms with van der Waals surface area (Å²) in [5.41, 5.74) is 0.268. The van der Waals surface area contributed by atoms with E-state index in [9.17, 15) is 0 Å². The van der Waals surface area contributed by atoms with Crippen molar-refractivity contribution in [2.45, 2.75) is 81.5 Å². The third-order valence-electron chi connectivity index (χ3n) is 7.12. The number of likely N-dealkylation sites (tertiary alicyclic amines) is 2. The predicted molar refractivity (Wildman–Crippen MR) is 124 cm³/mol. The Morgan fingerprint density at radius 2 is 1.82 bits per heavy atom. The van der Waals surface area contributed by atoms with E-state index in [1.165, 1.54) is 84.0 Å². The van der Waals surface area contributed by atoms with Crippen LogP contribution in [0.25, 0.3) is 0 Å². The molecule has 2 N–H and O–H groups in total. The third kappa shape index (κ3) is 6.02. The zero-order valence-electron chi connectivity index (χ0n) is 18.5. The molecule has 3 rings (SSSR count). The van der Waals surface area contributed by atoms with Gasteiger partial charge in [-0.05, 0) is 91.4 Å². The van der Waals surface area contributed by atoms with Crippen LogP contribution in [0.5, 0.6) is 0 Å². The number of piperidine rings is 2. The van der Waals surface area contributed by atoms with Crippen molar-refractivity contribution in [1.82, 2.24) is 20.4 Å². The second-order valence-corrected chi connectivity index (χ2v) is 10.3. The number of rotatable bonds is 6. The Kier molecular flexibility index (Phi) is 8.79. The number of aliphatic imine (C=N–C) groups is 1. The van der Waals surface area contributed by atoms with E-state index in [1.54, 1.807) is 0 Å². The number of hydrogen-bond donors (Lipinski definition) is 2. The fourth-order valence-corrected chi connectivity index (χ4v) is 6.03. The maximum absolute atomic E-state index is 5.18. The number of thioether (sulfide) groups is 1. The van der Waals surface area contributed by atoms with Crippen molar-refractivity contribution >= 4 is 17.7 Å². The molecular formula is C22H43N5S. The molecule has 5 nitrogen and oxygen atoms in total. The Morgan fingerprint density at radius 1 is 1.07 bits per heavy atom. The Morgan fingerprint density at radius 3 is 2.50 bits per heavy atom. The highest BCUT2D eigenvalue weighted by molar-refractivity contribution is 7.99. The number of nitrogens with zero attached hydrogens (tertiary/aromatic N) is 3. The van der Waals surface area contributed by atoms with Crippen LogP contribution < -0.4 is 10.6 Å². The van der Waals surface area contributed by atoms with Crippen LogP contribution in [0.2, 0.25) is 0 Å². The van der Waals surface area contributed by atoms with Gasteiger partial charge >= 0.3 is 0 Å². The summed E-state index contributed by atoms with van der Waals surface area (Å²) in [5.74, 6) is 1.05. The van der Waals surface area contributed by atoms with Crippen LogP contribution in [0.4, 0.5) is 0 Å². The van der Waals surface area contributed by atoms with Crippen LogP contribution >= 0.6 is 11.8 Å². The summed E-state index contributed by atoms with van der Waals surface area (Å²) in [6.45, 7) is 8.99. The molecule has 2 atom stereocenters. The molecule has 28 heavy (non-hydrogen) atoms. The van der Waals surface area contributed by atoms with Crippen molar-refractivity contribution in [2.24, 2.45) is 4.99 Å². The first-order valence-electron chi connectivity index (χ1n) is 11.7. The van der Waals surface area contributed by atoms with Gasteiger partial charge in [0, 0.05) is 23.4 Å². The minimum absolute atomic E-state index is 0.268. The zero-order chi connectivity index (χ0) is 19.8. The van der Waals surface area contributed by atoms with Crippen molar-refractivity contribution in [3.8, 4) is 0 Å². The molecule has 0 radical (unpaired) electrons. The Bertz CT molecular complexity index is 483. The zero-order valence-corrected chi connectivity index (χ0v) is 19.3. The van der Waals surface area contributed by atoms with Crippen molar-refractivity contribution < 1.29 is 0 Å². The minimum Gasteiger partial charge on any atom is -0.357 e. The molecule has 2 saturated heterocycles. The van der Waals surface area contributed by atoms with E-state index in [-0.39, 0.29) is 5.54 Å². The highest BCUT2D eigenvalue weighted by Crippen LogP contribution is 2.32. The molecule has 1 saturated carbocycles. The number of guanidine groups is 1. The van der Waals surface area contributed by atoms with Crippen LogP contribution in [0.3, 0.4) is 0 Å². The monoisotopic (exact) mass is 409 g/mol. The van der Waals surface area contributed by atoms with Gasteiger partial charge in [-0.25, -0.2) is 0 Å². The summed E-state index contributed by atoms with van der Waals surface area (Å²) >= 11 is 2.03. The van der Waals surface area contributed by atoms with Gasteiger partial charge in [-0.3, -0.25) is 9.89 Å². The lowest BCUT2D eigenvalue weighted by Gasteiger charge is -2.49. The lowest BCUT2D eigenvalue weighted by molar-refractivity contribution is 0.0208. The first-order valence-corrected chi connectivity index (χ1v) is 13.0. The molecule has 3 aliphatic rings. The highest BCUT2D eigenvalue weighted by atomic mass is 32.2. The third-order valence-corrected chi connectivity index (χ3v) is 8.22. The van der Waals surface area contributed by atoms with E-state index >= 15 is 0 Å². The molecule has 0 amide bonds. The fraction of sp³-hybridized carbons (Fsp3) is 0.955. The first kappa shape index (κ1) is 22.2. The second kappa shape index (κ2) is 11.1. The van der Waals surface area contributed by atoms with Gasteiger partial charge in [-0.1, -0.05) is 12.8 Å². The molecule has 2 aliphatic heterocycles. The average Bonchev–Trinajstić information content (AvgIpc) is 2.74. The molecule has 0 aromatic rings. The fourth-order valence-electron chi connectivity index (χ4n) is 5.21. The summed E-state index contributed by atoms with van der Waals surface area (Å²) in [4.78, 5) is 10.5. The van der Waals surface area contributed by atoms with Gasteiger partial charge in [0.2, 0.25) is 0 Å². The van der Waals surface area contributed by atoms with Gasteiger partial charge < -0.3 is 15.5 Å². The van der Waals surface area contributed by atoms with Gasteiger partial charge in [-0.15, -0.1) is 0 Å². The normalized spacial score (nSPS) is 30.2. The highest BCUT2D eigenvalue weighted by Gasteiger charge is 2.39. The molecule has 0 aromatic carbocycles. The Balaban J connectivity index is 1.67. The van der Waals surface area contributed by atoms with Crippen LogP contribution in [-0.4, -0.2) is 85.2 Å². The molecule has 0 spiro atoms. The standard InChI is InChI=1S/C22H43N5S/c1-4-23-21(25-19-9-8-10-20(17-19)28-3)24-18-22(11-15-26(2)16-12-22)27-13-6-5-7-14-27/h19-20H,4-18H2,1-3H3,(H2,23,24,25). The van der Waals surface area contributed by atoms with E-state index < -0.39 is 0 Å². The molecule has 0 aromatic heterocycles. The predicted octanol–water partition coefficient (Wildman–Crippen LogP) is 3.17. The van der Waals surface area contributed by atoms with Crippen LogP contribution in [0.15, 0.2) is 4.99 Å². The molecule has 3 fully saturated rings. The molecule has 162 valence electrons. The van der Waals surface area contributed by atoms with Gasteiger partial charge in [0.05, 0.1) is 6.54 Å². The maximum Gasteiger partial charge on any atom is 0.191 e. The van der Waals surface area contributed by atoms with Crippen molar-refractivity contribution in [2.75, 3.05) is 52.6 Å². The van der Waals surface area contributed by atoms with E-state index in [4.69, 9.17) is 4.99 Å². The van der Waals surface area contributed by atoms with Crippen LogP contribution in [0.1, 0.15) is 64.7 Å². The SMILES string of the molecule is CCNC(=NCC1(N2CCCCC2)CCN(C)CC1)NC1CCCC(SC)C1. The van der Waals surface area contributed by atoms with Gasteiger partial charge in [0.15, 0.2) is 5.96 Å². The number of hydrogen-bond acceptors (Lipinski definition) is 4. The lowest BCUT2D eigenvalue weighted by atomic mass is 9.84. The average molecular weight is 410 g/mol. The van der Waals surface area contributed by atoms with Gasteiger partial charge in [0.1, 0.15) is 0 Å². The van der Waals surface area contributed by atoms with Gasteiger partial charge in [0.25, 0.3) is 0 Å². The van der Waals surface area contributed by atoms with Crippen molar-refractivity contribution in [3.63, 3.8) is 0 Å². The summed E-state index contributed by atoms with van der Waals surface area (Å²) in [6, 6.07) is 0.576. The molecule has 2 heterocycles. The summed E-state index contributed by atoms with van der Waals surface area (Å²) < 4.78 is 0. The van der Waals surface area contributed by atoms with E-state index in [0.717, 1.165) is 24.3 Å². The smallest absolute Gasteiger partial charge is 0.191 e. The molecule has 2 unspecified atom stereocenters. The van der Waals surface area contributed by atoms with E-state index in [1.807, 2.05) is 11.8 Å². The summed E-state index contributed by atoms with van der Waals surface area (Å²) in [6.07, 6.45) is 14.2. The first-order chi connectivity index (χ1) is 13.6. The minimum atomic E-state index is 0.268. The molecule has 1 aliphatic carbocycles. The summed E-state index contributed by atoms with van der Waals surface area (Å²) in [5, 5.41) is 8.13. The van der Waals surface area contributed by atoms with E-state index in [0.29, 0.717) is 6.04 Å². The maximum atomic E-state index is 5.18. The van der Waals surface area contributed by atoms with E-state index in [2.05, 4.69) is 40.7 Å². The van der Waals surface area contributed by atoms with Crippen LogP contribution in [-0.2, 0) is 0 Å². The molecular weight excluding hydrogens is 366 g/mol. The Hall–Kier alpha value is -0.460. The Labute approximate surface area is 177 Å². The second-order valence-electron chi connectivity index (χ2n) is 9.14. The quantitative estimate of drug-likeness (QED) is 0.521. The molecule has 6 heteroatoms. The van der Waals surface area contributed by atoms with Crippen molar-refractivity contribution in [1.29, 1.82) is 0 Å². The topological polar surface area (TPSA) is 42.9 Å². The lowest BCUT2D eigenvalue weighted by Crippen LogP contribution is -2.58. The van der Waals surface area contributed by atoms with Crippen molar-refractivity contribution in [3.05, 3.63) is 0 Å². The van der Waals surface area contributed by atoms with Gasteiger partial charge in [-0.2, -0.15) is 11.8 Å². The molecule has 0 bridgehead atoms. The van der Waals surface area contributed by atoms with Crippen LogP contribution in [0, 0.1) is 0 Å². The largest absolute Gasteiger partial charge is 0.357 e. The summed E-state index contributed by atoms with van der Waals surface area (Å²) in [7, 11) is 2.26. The number of nitrogens with one attached hydrogen (secondary N) is 2.